The summed E-state index contributed by atoms with van der Waals surface area (Å²) in [6.45, 7) is 5.51. The van der Waals surface area contributed by atoms with Gasteiger partial charge >= 0.3 is 5.97 Å². The molecule has 0 unspecified atom stereocenters. The molecule has 1 saturated heterocycles. The van der Waals surface area contributed by atoms with Crippen LogP contribution < -0.4 is 4.90 Å². The Morgan fingerprint density at radius 3 is 2.48 bits per heavy atom. The molecular weight excluding hydrogens is 556 g/mol. The third kappa shape index (κ3) is 5.01. The molecule has 0 spiro atoms. The van der Waals surface area contributed by atoms with Crippen LogP contribution in [0.25, 0.3) is 5.69 Å². The number of aromatic nitrogens is 2. The second-order valence-corrected chi connectivity index (χ2v) is 12.6. The summed E-state index contributed by atoms with van der Waals surface area (Å²) in [6, 6.07) is 9.27. The summed E-state index contributed by atoms with van der Waals surface area (Å²) in [5, 5.41) is 5.58. The Morgan fingerprint density at radius 1 is 1.12 bits per heavy atom. The highest BCUT2D eigenvalue weighted by molar-refractivity contribution is 6.37. The van der Waals surface area contributed by atoms with Crippen LogP contribution in [-0.4, -0.2) is 39.4 Å². The maximum Gasteiger partial charge on any atom is 0.338 e. The van der Waals surface area contributed by atoms with Gasteiger partial charge in [0.25, 0.3) is 0 Å². The van der Waals surface area contributed by atoms with Gasteiger partial charge in [-0.15, -0.1) is 0 Å². The van der Waals surface area contributed by atoms with E-state index in [9.17, 15) is 9.59 Å². The Hall–Kier alpha value is -2.94. The largest absolute Gasteiger partial charge is 0.456 e. The lowest BCUT2D eigenvalue weighted by molar-refractivity contribution is -0.126. The monoisotopic (exact) mass is 585 g/mol. The van der Waals surface area contributed by atoms with Gasteiger partial charge in [-0.2, -0.15) is 5.10 Å². The van der Waals surface area contributed by atoms with Gasteiger partial charge in [0.05, 0.1) is 51.8 Å². The number of hydrogen-bond acceptors (Lipinski definition) is 5. The predicted molar refractivity (Wildman–Crippen MR) is 150 cm³/mol. The number of piperidine rings is 1. The third-order valence-electron chi connectivity index (χ3n) is 7.74. The van der Waals surface area contributed by atoms with Gasteiger partial charge in [-0.25, -0.2) is 13.9 Å². The Labute approximate surface area is 242 Å². The molecule has 7 nitrogen and oxygen atoms in total. The van der Waals surface area contributed by atoms with E-state index in [1.165, 1.54) is 17.0 Å². The van der Waals surface area contributed by atoms with E-state index in [1.807, 2.05) is 6.20 Å². The highest BCUT2D eigenvalue weighted by Gasteiger charge is 2.52. The molecule has 6 rings (SSSR count). The molecule has 0 N–H and O–H groups in total. The minimum Gasteiger partial charge on any atom is -0.456 e. The van der Waals surface area contributed by atoms with Crippen LogP contribution in [0.4, 0.5) is 10.1 Å². The van der Waals surface area contributed by atoms with E-state index in [0.29, 0.717) is 34.5 Å². The van der Waals surface area contributed by atoms with Crippen LogP contribution in [0.15, 0.2) is 42.6 Å². The van der Waals surface area contributed by atoms with Crippen LogP contribution in [-0.2, 0) is 20.9 Å². The number of carbonyl (C=O) groups excluding carboxylic acids is 2. The highest BCUT2D eigenvalue weighted by atomic mass is 35.5. The number of ether oxygens (including phenoxy) is 2. The van der Waals surface area contributed by atoms with E-state index in [2.05, 4.69) is 5.10 Å². The van der Waals surface area contributed by atoms with Gasteiger partial charge in [-0.1, -0.05) is 29.3 Å². The number of hydrogen-bond donors (Lipinski definition) is 0. The van der Waals surface area contributed by atoms with Gasteiger partial charge in [0.1, 0.15) is 17.1 Å². The van der Waals surface area contributed by atoms with Gasteiger partial charge in [0.15, 0.2) is 0 Å². The van der Waals surface area contributed by atoms with Gasteiger partial charge in [-0.05, 0) is 88.3 Å². The quantitative estimate of drug-likeness (QED) is 0.283. The molecule has 2 aromatic carbocycles. The molecule has 0 radical (unpaired) electrons. The SMILES string of the molecule is CC(C)(C)OC(=O)c1ccc(N2C(=O)[C@@H]3C[C@H]2C[C@H]3OCc2c(C3CC3)cnn2-c2c(Cl)cccc2Cl)c(F)c1. The van der Waals surface area contributed by atoms with Crippen molar-refractivity contribution < 1.29 is 23.5 Å². The molecule has 1 amide bonds. The molecule has 3 aromatic rings. The number of fused-ring (bicyclic) bond motifs is 2. The number of rotatable bonds is 7. The normalized spacial score (nSPS) is 22.3. The van der Waals surface area contributed by atoms with E-state index in [1.54, 1.807) is 43.7 Å². The van der Waals surface area contributed by atoms with Crippen LogP contribution in [0, 0.1) is 11.7 Å². The molecule has 10 heteroatoms. The maximum absolute atomic E-state index is 15.2. The van der Waals surface area contributed by atoms with E-state index in [-0.39, 0.29) is 41.8 Å². The lowest BCUT2D eigenvalue weighted by Crippen LogP contribution is -2.43. The molecule has 2 heterocycles. The van der Waals surface area contributed by atoms with Crippen molar-refractivity contribution in [2.75, 3.05) is 4.90 Å². The number of anilines is 1. The first-order valence-electron chi connectivity index (χ1n) is 13.5. The van der Waals surface area contributed by atoms with E-state index < -0.39 is 17.4 Å². The fraction of sp³-hybridized carbons (Fsp3) is 0.433. The molecule has 210 valence electrons. The lowest BCUT2D eigenvalue weighted by Gasteiger charge is -2.32. The zero-order chi connectivity index (χ0) is 28.3. The Bertz CT molecular complexity index is 1480. The first-order chi connectivity index (χ1) is 19.0. The number of benzene rings is 2. The van der Waals surface area contributed by atoms with Crippen molar-refractivity contribution in [1.82, 2.24) is 9.78 Å². The van der Waals surface area contributed by atoms with Crippen LogP contribution in [0.3, 0.4) is 0 Å². The number of nitrogens with zero attached hydrogens (tertiary/aromatic N) is 3. The minimum atomic E-state index is -0.692. The summed E-state index contributed by atoms with van der Waals surface area (Å²) in [4.78, 5) is 27.3. The van der Waals surface area contributed by atoms with Crippen molar-refractivity contribution in [3.8, 4) is 5.69 Å². The Kier molecular flexibility index (Phi) is 6.92. The van der Waals surface area contributed by atoms with E-state index >= 15 is 4.39 Å². The molecule has 2 aliphatic carbocycles. The molecule has 1 aliphatic heterocycles. The average Bonchev–Trinajstić information content (AvgIpc) is 3.39. The number of para-hydroxylation sites is 1. The number of halogens is 3. The maximum atomic E-state index is 15.2. The zero-order valence-electron chi connectivity index (χ0n) is 22.5. The number of amides is 1. The molecule has 2 saturated carbocycles. The molecule has 40 heavy (non-hydrogen) atoms. The first kappa shape index (κ1) is 27.2. The molecule has 3 aliphatic rings. The molecule has 3 atom stereocenters. The van der Waals surface area contributed by atoms with Crippen molar-refractivity contribution in [3.63, 3.8) is 0 Å². The Balaban J connectivity index is 1.18. The number of esters is 1. The second kappa shape index (κ2) is 10.2. The second-order valence-electron chi connectivity index (χ2n) is 11.8. The fourth-order valence-corrected chi connectivity index (χ4v) is 6.36. The smallest absolute Gasteiger partial charge is 0.338 e. The first-order valence-corrected chi connectivity index (χ1v) is 14.3. The Morgan fingerprint density at radius 2 is 1.85 bits per heavy atom. The predicted octanol–water partition coefficient (Wildman–Crippen LogP) is 6.86. The fourth-order valence-electron chi connectivity index (χ4n) is 5.80. The van der Waals surface area contributed by atoms with Crippen molar-refractivity contribution in [2.45, 2.75) is 76.7 Å². The van der Waals surface area contributed by atoms with Crippen molar-refractivity contribution in [3.05, 3.63) is 75.3 Å². The standard InChI is InChI=1S/C30H30Cl2FN3O4/c1-30(2,3)40-29(38)17-9-10-24(23(33)11-17)35-18-12-19(28(35)37)26(13-18)39-15-25-20(16-7-8-16)14-34-36(25)27-21(31)5-4-6-22(27)32/h4-6,9-11,14,16,18-19,26H,7-8,12-13,15H2,1-3H3/t18-,19+,26+/m0/s1. The van der Waals surface area contributed by atoms with E-state index in [4.69, 9.17) is 32.7 Å². The summed E-state index contributed by atoms with van der Waals surface area (Å²) in [5.41, 5.74) is 2.19. The van der Waals surface area contributed by atoms with Gasteiger partial charge in [0.2, 0.25) is 5.91 Å². The summed E-state index contributed by atoms with van der Waals surface area (Å²) in [6.07, 6.45) is 4.91. The van der Waals surface area contributed by atoms with Crippen molar-refractivity contribution in [1.29, 1.82) is 0 Å². The summed E-state index contributed by atoms with van der Waals surface area (Å²) in [7, 11) is 0. The average molecular weight is 586 g/mol. The number of carbonyl (C=O) groups is 2. The van der Waals surface area contributed by atoms with Crippen molar-refractivity contribution >= 4 is 40.8 Å². The highest BCUT2D eigenvalue weighted by Crippen LogP contribution is 2.46. The molecular formula is C30H30Cl2FN3O4. The molecule has 3 fully saturated rings. The van der Waals surface area contributed by atoms with Crippen molar-refractivity contribution in [2.24, 2.45) is 5.92 Å². The summed E-state index contributed by atoms with van der Waals surface area (Å²) in [5.74, 6) is -1.35. The van der Waals surface area contributed by atoms with Crippen LogP contribution >= 0.6 is 23.2 Å². The van der Waals surface area contributed by atoms with Crippen LogP contribution in [0.5, 0.6) is 0 Å². The van der Waals surface area contributed by atoms with E-state index in [0.717, 1.165) is 30.2 Å². The van der Waals surface area contributed by atoms with Crippen LogP contribution in [0.2, 0.25) is 10.0 Å². The van der Waals surface area contributed by atoms with Gasteiger partial charge in [0, 0.05) is 6.04 Å². The summed E-state index contributed by atoms with van der Waals surface area (Å²) < 4.78 is 28.6. The molecule has 2 bridgehead atoms. The molecule has 1 aromatic heterocycles. The third-order valence-corrected chi connectivity index (χ3v) is 8.35. The van der Waals surface area contributed by atoms with Gasteiger partial charge < -0.3 is 14.4 Å². The lowest BCUT2D eigenvalue weighted by atomic mass is 10.0. The summed E-state index contributed by atoms with van der Waals surface area (Å²) >= 11 is 13.0. The minimum absolute atomic E-state index is 0.107. The topological polar surface area (TPSA) is 73.7 Å². The van der Waals surface area contributed by atoms with Gasteiger partial charge in [-0.3, -0.25) is 4.79 Å². The zero-order valence-corrected chi connectivity index (χ0v) is 24.0. The van der Waals surface area contributed by atoms with Crippen LogP contribution in [0.1, 0.15) is 74.0 Å².